The summed E-state index contributed by atoms with van der Waals surface area (Å²) < 4.78 is 0. The molecule has 5 heteroatoms. The van der Waals surface area contributed by atoms with Gasteiger partial charge < -0.3 is 14.7 Å². The normalized spacial score (nSPS) is 15.7. The van der Waals surface area contributed by atoms with Crippen molar-refractivity contribution in [3.05, 3.63) is 29.8 Å². The Morgan fingerprint density at radius 1 is 1.18 bits per heavy atom. The number of carbonyl (C=O) groups excluding carboxylic acids is 2. The van der Waals surface area contributed by atoms with Crippen LogP contribution in [0.5, 0.6) is 0 Å². The van der Waals surface area contributed by atoms with Crippen molar-refractivity contribution in [2.24, 2.45) is 0 Å². The number of rotatable bonds is 4. The number of amides is 2. The molecular formula is C17H25N3O2. The molecule has 0 N–H and O–H groups in total. The van der Waals surface area contributed by atoms with Crippen molar-refractivity contribution in [2.45, 2.75) is 20.3 Å². The van der Waals surface area contributed by atoms with Gasteiger partial charge in [-0.2, -0.15) is 0 Å². The molecule has 1 fully saturated rings. The van der Waals surface area contributed by atoms with Crippen LogP contribution < -0.4 is 4.90 Å². The summed E-state index contributed by atoms with van der Waals surface area (Å²) in [4.78, 5) is 30.4. The van der Waals surface area contributed by atoms with Gasteiger partial charge in [-0.05, 0) is 38.6 Å². The second kappa shape index (κ2) is 7.40. The number of piperazine rings is 1. The minimum atomic E-state index is -0.128. The number of likely N-dealkylation sites (N-methyl/N-ethyl adjacent to an activating group) is 1. The molecule has 0 saturated carbocycles. The summed E-state index contributed by atoms with van der Waals surface area (Å²) in [5, 5.41) is 0. The fraction of sp³-hybridized carbons (Fsp3) is 0.529. The van der Waals surface area contributed by atoms with Crippen molar-refractivity contribution < 1.29 is 9.59 Å². The molecule has 0 aliphatic carbocycles. The number of aryl methyl sites for hydroxylation is 1. The van der Waals surface area contributed by atoms with Crippen LogP contribution in [0, 0.1) is 6.92 Å². The Balaban J connectivity index is 1.99. The SMILES string of the molecule is CCN(C(=O)CC(=O)N1CCN(C)CC1)c1cccc(C)c1. The van der Waals surface area contributed by atoms with Gasteiger partial charge in [0.05, 0.1) is 0 Å². The molecule has 0 unspecified atom stereocenters. The largest absolute Gasteiger partial charge is 0.340 e. The van der Waals surface area contributed by atoms with Crippen LogP contribution in [-0.2, 0) is 9.59 Å². The third-order valence-corrected chi connectivity index (χ3v) is 4.09. The van der Waals surface area contributed by atoms with E-state index < -0.39 is 0 Å². The highest BCUT2D eigenvalue weighted by Gasteiger charge is 2.23. The molecule has 1 heterocycles. The molecule has 2 amide bonds. The predicted molar refractivity (Wildman–Crippen MR) is 87.9 cm³/mol. The number of anilines is 1. The maximum atomic E-state index is 12.5. The first kappa shape index (κ1) is 16.5. The van der Waals surface area contributed by atoms with E-state index in [1.54, 1.807) is 9.80 Å². The number of hydrogen-bond donors (Lipinski definition) is 0. The Morgan fingerprint density at radius 2 is 1.86 bits per heavy atom. The van der Waals surface area contributed by atoms with E-state index in [4.69, 9.17) is 0 Å². The van der Waals surface area contributed by atoms with Crippen LogP contribution in [-0.4, -0.2) is 61.4 Å². The van der Waals surface area contributed by atoms with Gasteiger partial charge in [0, 0.05) is 38.4 Å². The molecule has 1 saturated heterocycles. The van der Waals surface area contributed by atoms with Crippen LogP contribution in [0.4, 0.5) is 5.69 Å². The van der Waals surface area contributed by atoms with Crippen LogP contribution in [0.3, 0.4) is 0 Å². The zero-order chi connectivity index (χ0) is 16.1. The van der Waals surface area contributed by atoms with Crippen molar-refractivity contribution in [3.63, 3.8) is 0 Å². The zero-order valence-corrected chi connectivity index (χ0v) is 13.7. The average molecular weight is 303 g/mol. The molecule has 1 aromatic rings. The second-order valence-corrected chi connectivity index (χ2v) is 5.84. The van der Waals surface area contributed by atoms with Crippen molar-refractivity contribution in [3.8, 4) is 0 Å². The molecule has 0 radical (unpaired) electrons. The molecule has 0 atom stereocenters. The Hall–Kier alpha value is -1.88. The lowest BCUT2D eigenvalue weighted by atomic mass is 10.2. The van der Waals surface area contributed by atoms with E-state index in [1.165, 1.54) is 0 Å². The van der Waals surface area contributed by atoms with Crippen molar-refractivity contribution >= 4 is 17.5 Å². The molecule has 1 aromatic carbocycles. The number of nitrogens with zero attached hydrogens (tertiary/aromatic N) is 3. The smallest absolute Gasteiger partial charge is 0.236 e. The summed E-state index contributed by atoms with van der Waals surface area (Å²) >= 11 is 0. The summed E-state index contributed by atoms with van der Waals surface area (Å²) in [6, 6.07) is 7.82. The summed E-state index contributed by atoms with van der Waals surface area (Å²) in [5.41, 5.74) is 1.97. The van der Waals surface area contributed by atoms with Gasteiger partial charge in [-0.1, -0.05) is 12.1 Å². The monoisotopic (exact) mass is 303 g/mol. The summed E-state index contributed by atoms with van der Waals surface area (Å²) in [7, 11) is 2.05. The molecule has 2 rings (SSSR count). The summed E-state index contributed by atoms with van der Waals surface area (Å²) in [6.45, 7) is 7.65. The standard InChI is InChI=1S/C17H25N3O2/c1-4-20(15-7-5-6-14(2)12-15)17(22)13-16(21)19-10-8-18(3)9-11-19/h5-7,12H,4,8-11,13H2,1-3H3. The van der Waals surface area contributed by atoms with Crippen molar-refractivity contribution in [2.75, 3.05) is 44.7 Å². The van der Waals surface area contributed by atoms with Crippen LogP contribution >= 0.6 is 0 Å². The highest BCUT2D eigenvalue weighted by Crippen LogP contribution is 2.17. The maximum Gasteiger partial charge on any atom is 0.236 e. The predicted octanol–water partition coefficient (Wildman–Crippen LogP) is 1.51. The highest BCUT2D eigenvalue weighted by atomic mass is 16.2. The lowest BCUT2D eigenvalue weighted by molar-refractivity contribution is -0.136. The van der Waals surface area contributed by atoms with E-state index in [9.17, 15) is 9.59 Å². The maximum absolute atomic E-state index is 12.5. The quantitative estimate of drug-likeness (QED) is 0.792. The van der Waals surface area contributed by atoms with Crippen molar-refractivity contribution in [1.29, 1.82) is 0 Å². The number of hydrogen-bond acceptors (Lipinski definition) is 3. The molecule has 120 valence electrons. The fourth-order valence-corrected chi connectivity index (χ4v) is 2.69. The van der Waals surface area contributed by atoms with Gasteiger partial charge in [0.1, 0.15) is 6.42 Å². The molecule has 1 aliphatic rings. The first-order valence-corrected chi connectivity index (χ1v) is 7.84. The lowest BCUT2D eigenvalue weighted by Crippen LogP contribution is -2.48. The van der Waals surface area contributed by atoms with E-state index >= 15 is 0 Å². The van der Waals surface area contributed by atoms with Crippen LogP contribution in [0.15, 0.2) is 24.3 Å². The van der Waals surface area contributed by atoms with E-state index in [0.717, 1.165) is 24.3 Å². The first-order chi connectivity index (χ1) is 10.5. The third kappa shape index (κ3) is 4.07. The number of benzene rings is 1. The van der Waals surface area contributed by atoms with Gasteiger partial charge in [-0.3, -0.25) is 9.59 Å². The third-order valence-electron chi connectivity index (χ3n) is 4.09. The highest BCUT2D eigenvalue weighted by molar-refractivity contribution is 6.05. The average Bonchev–Trinajstić information content (AvgIpc) is 2.48. The Morgan fingerprint density at radius 3 is 2.45 bits per heavy atom. The van der Waals surface area contributed by atoms with Crippen LogP contribution in [0.25, 0.3) is 0 Å². The zero-order valence-electron chi connectivity index (χ0n) is 13.7. The van der Waals surface area contributed by atoms with Gasteiger partial charge in [-0.25, -0.2) is 0 Å². The fourth-order valence-electron chi connectivity index (χ4n) is 2.69. The van der Waals surface area contributed by atoms with E-state index in [2.05, 4.69) is 4.90 Å². The Bertz CT molecular complexity index is 536. The molecule has 5 nitrogen and oxygen atoms in total. The van der Waals surface area contributed by atoms with Crippen molar-refractivity contribution in [1.82, 2.24) is 9.80 Å². The Kier molecular flexibility index (Phi) is 5.55. The van der Waals surface area contributed by atoms with Crippen LogP contribution in [0.1, 0.15) is 18.9 Å². The molecule has 0 bridgehead atoms. The molecule has 0 aromatic heterocycles. The van der Waals surface area contributed by atoms with Gasteiger partial charge in [0.15, 0.2) is 0 Å². The van der Waals surface area contributed by atoms with E-state index in [0.29, 0.717) is 19.6 Å². The summed E-state index contributed by atoms with van der Waals surface area (Å²) in [6.07, 6.45) is -0.0501. The molecule has 22 heavy (non-hydrogen) atoms. The first-order valence-electron chi connectivity index (χ1n) is 7.84. The molecule has 1 aliphatic heterocycles. The van der Waals surface area contributed by atoms with Crippen LogP contribution in [0.2, 0.25) is 0 Å². The number of carbonyl (C=O) groups is 2. The van der Waals surface area contributed by atoms with Gasteiger partial charge in [0.2, 0.25) is 11.8 Å². The van der Waals surface area contributed by atoms with Gasteiger partial charge in [-0.15, -0.1) is 0 Å². The topological polar surface area (TPSA) is 43.9 Å². The Labute approximate surface area is 132 Å². The van der Waals surface area contributed by atoms with Gasteiger partial charge >= 0.3 is 0 Å². The summed E-state index contributed by atoms with van der Waals surface area (Å²) in [5.74, 6) is -0.193. The second-order valence-electron chi connectivity index (χ2n) is 5.84. The lowest BCUT2D eigenvalue weighted by Gasteiger charge is -2.32. The van der Waals surface area contributed by atoms with Gasteiger partial charge in [0.25, 0.3) is 0 Å². The minimum absolute atomic E-state index is 0.0501. The minimum Gasteiger partial charge on any atom is -0.340 e. The van der Waals surface area contributed by atoms with E-state index in [1.807, 2.05) is 45.2 Å². The van der Waals surface area contributed by atoms with E-state index in [-0.39, 0.29) is 18.2 Å². The molecule has 0 spiro atoms. The molecular weight excluding hydrogens is 278 g/mol.